The summed E-state index contributed by atoms with van der Waals surface area (Å²) >= 11 is 7.32. The van der Waals surface area contributed by atoms with E-state index in [0.29, 0.717) is 0 Å². The molecule has 0 saturated heterocycles. The molecule has 1 aliphatic rings. The molecule has 4 aromatic heterocycles. The Bertz CT molecular complexity index is 1310. The van der Waals surface area contributed by atoms with Gasteiger partial charge in [0.2, 0.25) is 0 Å². The predicted molar refractivity (Wildman–Crippen MR) is 138 cm³/mol. The molecule has 1 aromatic carbocycles. The first-order valence-corrected chi connectivity index (χ1v) is 13.4. The maximum atomic E-state index is 5.13. The van der Waals surface area contributed by atoms with E-state index in [-0.39, 0.29) is 6.04 Å². The van der Waals surface area contributed by atoms with E-state index in [0.717, 1.165) is 12.1 Å². The lowest BCUT2D eigenvalue weighted by Crippen LogP contribution is -2.17. The Hall–Kier alpha value is -2.51. The second-order valence-corrected chi connectivity index (χ2v) is 11.4. The van der Waals surface area contributed by atoms with Gasteiger partial charge in [-0.15, -0.1) is 45.3 Å². The first-order chi connectivity index (χ1) is 15.3. The molecule has 6 rings (SSSR count). The van der Waals surface area contributed by atoms with Gasteiger partial charge in [-0.2, -0.15) is 5.10 Å². The summed E-state index contributed by atoms with van der Waals surface area (Å²) in [5.41, 5.74) is 2.32. The Morgan fingerprint density at radius 3 is 2.03 bits per heavy atom. The minimum Gasteiger partial charge on any atom is -0.257 e. The van der Waals surface area contributed by atoms with Crippen molar-refractivity contribution in [3.05, 3.63) is 99.4 Å². The van der Waals surface area contributed by atoms with Crippen LogP contribution in [0.3, 0.4) is 0 Å². The first-order valence-electron chi connectivity index (χ1n) is 10.0. The fraction of sp³-hybridized carbons (Fsp3) is 0.0800. The van der Waals surface area contributed by atoms with Gasteiger partial charge >= 0.3 is 0 Å². The lowest BCUT2D eigenvalue weighted by molar-refractivity contribution is 0.722. The van der Waals surface area contributed by atoms with Crippen molar-refractivity contribution in [2.24, 2.45) is 5.10 Å². The van der Waals surface area contributed by atoms with Gasteiger partial charge in [-0.3, -0.25) is 5.01 Å². The maximum absolute atomic E-state index is 5.13. The third-order valence-electron chi connectivity index (χ3n) is 5.30. The lowest BCUT2D eigenvalue weighted by Gasteiger charge is -2.22. The van der Waals surface area contributed by atoms with Crippen LogP contribution in [0.1, 0.15) is 22.2 Å². The molecule has 0 saturated carbocycles. The van der Waals surface area contributed by atoms with E-state index in [1.807, 2.05) is 22.7 Å². The molecular weight excluding hydrogens is 457 g/mol. The summed E-state index contributed by atoms with van der Waals surface area (Å²) in [7, 11) is 0. The number of hydrazone groups is 1. The molecule has 6 heteroatoms. The molecule has 0 N–H and O–H groups in total. The standard InChI is InChI=1S/C25H18N2S4/c1-2-6-17(7-3-1)27-19(21-11-13-25(31-21)23-9-5-15-29-23)16-18(26-27)20-10-12-24(30-20)22-8-4-14-28-22/h1-15,19H,16H2/t19-/m1/s1. The quantitative estimate of drug-likeness (QED) is 0.249. The normalized spacial score (nSPS) is 16.1. The number of anilines is 1. The van der Waals surface area contributed by atoms with Crippen LogP contribution in [0, 0.1) is 0 Å². The molecule has 152 valence electrons. The third kappa shape index (κ3) is 3.70. The Balaban J connectivity index is 1.36. The van der Waals surface area contributed by atoms with E-state index in [2.05, 4.69) is 94.6 Å². The smallest absolute Gasteiger partial charge is 0.0924 e. The van der Waals surface area contributed by atoms with Gasteiger partial charge in [-0.05, 0) is 59.3 Å². The molecule has 0 unspecified atom stereocenters. The van der Waals surface area contributed by atoms with Crippen molar-refractivity contribution < 1.29 is 0 Å². The number of nitrogens with zero attached hydrogens (tertiary/aromatic N) is 2. The van der Waals surface area contributed by atoms with Crippen LogP contribution in [0.5, 0.6) is 0 Å². The highest BCUT2D eigenvalue weighted by atomic mass is 32.1. The Morgan fingerprint density at radius 2 is 1.32 bits per heavy atom. The van der Waals surface area contributed by atoms with Crippen molar-refractivity contribution in [2.45, 2.75) is 12.5 Å². The highest BCUT2D eigenvalue weighted by molar-refractivity contribution is 7.22. The Labute approximate surface area is 197 Å². The van der Waals surface area contributed by atoms with Crippen LogP contribution in [-0.4, -0.2) is 5.71 Å². The summed E-state index contributed by atoms with van der Waals surface area (Å²) < 4.78 is 0. The van der Waals surface area contributed by atoms with Crippen LogP contribution in [0.15, 0.2) is 94.7 Å². The van der Waals surface area contributed by atoms with E-state index < -0.39 is 0 Å². The van der Waals surface area contributed by atoms with Crippen molar-refractivity contribution in [3.63, 3.8) is 0 Å². The minimum atomic E-state index is 0.225. The Morgan fingerprint density at radius 1 is 0.645 bits per heavy atom. The topological polar surface area (TPSA) is 15.6 Å². The molecule has 2 nitrogen and oxygen atoms in total. The van der Waals surface area contributed by atoms with Gasteiger partial charge in [0, 0.05) is 30.8 Å². The first kappa shape index (κ1) is 19.2. The molecule has 31 heavy (non-hydrogen) atoms. The molecule has 0 spiro atoms. The van der Waals surface area contributed by atoms with Gasteiger partial charge in [0.25, 0.3) is 0 Å². The molecule has 5 heterocycles. The largest absolute Gasteiger partial charge is 0.257 e. The molecule has 0 radical (unpaired) electrons. The monoisotopic (exact) mass is 474 g/mol. The van der Waals surface area contributed by atoms with E-state index in [1.54, 1.807) is 22.7 Å². The highest BCUT2D eigenvalue weighted by Crippen LogP contribution is 2.43. The van der Waals surface area contributed by atoms with Crippen molar-refractivity contribution in [3.8, 4) is 19.5 Å². The van der Waals surface area contributed by atoms with Gasteiger partial charge < -0.3 is 0 Å². The van der Waals surface area contributed by atoms with Crippen molar-refractivity contribution >= 4 is 56.7 Å². The number of thiophene rings is 4. The van der Waals surface area contributed by atoms with Gasteiger partial charge in [-0.1, -0.05) is 30.3 Å². The number of rotatable bonds is 5. The van der Waals surface area contributed by atoms with E-state index >= 15 is 0 Å². The van der Waals surface area contributed by atoms with Gasteiger partial charge in [0.15, 0.2) is 0 Å². The molecule has 0 bridgehead atoms. The minimum absolute atomic E-state index is 0.225. The molecule has 0 amide bonds. The molecule has 0 aliphatic carbocycles. The zero-order valence-corrected chi connectivity index (χ0v) is 19.7. The summed E-state index contributed by atoms with van der Waals surface area (Å²) in [5, 5.41) is 11.6. The van der Waals surface area contributed by atoms with Gasteiger partial charge in [-0.25, -0.2) is 0 Å². The van der Waals surface area contributed by atoms with Gasteiger partial charge in [0.05, 0.1) is 22.3 Å². The SMILES string of the molecule is c1ccc(N2N=C(c3ccc(-c4cccs4)s3)C[C@@H]2c2ccc(-c3cccs3)s2)cc1. The molecule has 1 aliphatic heterocycles. The average molecular weight is 475 g/mol. The van der Waals surface area contributed by atoms with Crippen molar-refractivity contribution in [2.75, 3.05) is 5.01 Å². The van der Waals surface area contributed by atoms with E-state index in [9.17, 15) is 0 Å². The zero-order valence-electron chi connectivity index (χ0n) is 16.5. The molecule has 5 aromatic rings. The predicted octanol–water partition coefficient (Wildman–Crippen LogP) is 8.62. The Kier molecular flexibility index (Phi) is 5.08. The zero-order chi connectivity index (χ0) is 20.6. The van der Waals surface area contributed by atoms with Gasteiger partial charge in [0.1, 0.15) is 0 Å². The summed E-state index contributed by atoms with van der Waals surface area (Å²) in [6.07, 6.45) is 0.920. The summed E-state index contributed by atoms with van der Waals surface area (Å²) in [4.78, 5) is 7.94. The lowest BCUT2D eigenvalue weighted by atomic mass is 10.1. The molecule has 1 atom stereocenters. The van der Waals surface area contributed by atoms with Crippen molar-refractivity contribution in [1.29, 1.82) is 0 Å². The van der Waals surface area contributed by atoms with Crippen LogP contribution >= 0.6 is 45.3 Å². The van der Waals surface area contributed by atoms with E-state index in [4.69, 9.17) is 5.10 Å². The molecular formula is C25H18N2S4. The van der Waals surface area contributed by atoms with Crippen LogP contribution in [0.4, 0.5) is 5.69 Å². The fourth-order valence-corrected chi connectivity index (χ4v) is 7.59. The number of hydrogen-bond donors (Lipinski definition) is 0. The van der Waals surface area contributed by atoms with E-state index in [1.165, 1.54) is 35.0 Å². The van der Waals surface area contributed by atoms with Crippen LogP contribution in [0.25, 0.3) is 19.5 Å². The fourth-order valence-electron chi connectivity index (χ4n) is 3.83. The average Bonchev–Trinajstić information content (AvgIpc) is 3.63. The summed E-state index contributed by atoms with van der Waals surface area (Å²) in [6.45, 7) is 0. The van der Waals surface area contributed by atoms with Crippen LogP contribution < -0.4 is 5.01 Å². The summed E-state index contributed by atoms with van der Waals surface area (Å²) in [5.74, 6) is 0. The number of para-hydroxylation sites is 1. The van der Waals surface area contributed by atoms with Crippen LogP contribution in [-0.2, 0) is 0 Å². The second kappa shape index (κ2) is 8.20. The second-order valence-electron chi connectivity index (χ2n) is 7.27. The maximum Gasteiger partial charge on any atom is 0.0924 e. The molecule has 0 fully saturated rings. The van der Waals surface area contributed by atoms with Crippen molar-refractivity contribution in [1.82, 2.24) is 0 Å². The number of hydrogen-bond acceptors (Lipinski definition) is 6. The third-order valence-corrected chi connectivity index (χ3v) is 9.76. The highest BCUT2D eigenvalue weighted by Gasteiger charge is 2.31. The van der Waals surface area contributed by atoms with Crippen LogP contribution in [0.2, 0.25) is 0 Å². The number of benzene rings is 1. The summed E-state index contributed by atoms with van der Waals surface area (Å²) in [6, 6.07) is 28.4.